The van der Waals surface area contributed by atoms with Crippen LogP contribution >= 0.6 is 0 Å². The van der Waals surface area contributed by atoms with Gasteiger partial charge in [-0.05, 0) is 11.6 Å². The third-order valence-corrected chi connectivity index (χ3v) is 4.57. The molecule has 2 aromatic carbocycles. The molecule has 6 heteroatoms. The molecule has 0 radical (unpaired) electrons. The van der Waals surface area contributed by atoms with Crippen LogP contribution in [0.15, 0.2) is 60.7 Å². The van der Waals surface area contributed by atoms with E-state index in [1.807, 2.05) is 30.3 Å². The maximum Gasteiger partial charge on any atom is 0.330 e. The number of carbonyl (C=O) groups excluding carboxylic acids is 2. The summed E-state index contributed by atoms with van der Waals surface area (Å²) in [4.78, 5) is 25.5. The first-order chi connectivity index (χ1) is 12.6. The number of esters is 2. The average molecular weight is 353 g/mol. The van der Waals surface area contributed by atoms with Gasteiger partial charge >= 0.3 is 11.9 Å². The molecule has 0 bridgehead atoms. The summed E-state index contributed by atoms with van der Waals surface area (Å²) >= 11 is 0. The molecule has 1 atom stereocenters. The summed E-state index contributed by atoms with van der Waals surface area (Å²) in [6, 6.07) is 15.0. The van der Waals surface area contributed by atoms with Crippen LogP contribution in [0.3, 0.4) is 0 Å². The standard InChI is InChI=1S/C20H19NO5/c1-25-18(22)20(19(23)26-2)15-10-6-7-11-16(15)21(24)17(20)13-12-14-8-4-3-5-9-14/h3-13,17,24H,1-2H3/b13-12+. The third kappa shape index (κ3) is 2.55. The van der Waals surface area contributed by atoms with Crippen molar-refractivity contribution in [1.29, 1.82) is 0 Å². The van der Waals surface area contributed by atoms with E-state index in [1.165, 1.54) is 14.2 Å². The Bertz CT molecular complexity index is 830. The number of anilines is 1. The van der Waals surface area contributed by atoms with E-state index in [4.69, 9.17) is 9.47 Å². The van der Waals surface area contributed by atoms with E-state index in [9.17, 15) is 14.8 Å². The zero-order chi connectivity index (χ0) is 18.7. The number of hydrogen-bond donors (Lipinski definition) is 1. The van der Waals surface area contributed by atoms with Gasteiger partial charge in [0.2, 0.25) is 5.41 Å². The van der Waals surface area contributed by atoms with Crippen LogP contribution < -0.4 is 5.06 Å². The molecule has 0 aromatic heterocycles. The summed E-state index contributed by atoms with van der Waals surface area (Å²) < 4.78 is 9.87. The van der Waals surface area contributed by atoms with Gasteiger partial charge in [0.05, 0.1) is 19.9 Å². The second kappa shape index (κ2) is 7.01. The van der Waals surface area contributed by atoms with Gasteiger partial charge in [-0.2, -0.15) is 0 Å². The minimum atomic E-state index is -1.82. The van der Waals surface area contributed by atoms with Crippen LogP contribution in [0.5, 0.6) is 0 Å². The van der Waals surface area contributed by atoms with E-state index >= 15 is 0 Å². The first-order valence-electron chi connectivity index (χ1n) is 8.05. The fourth-order valence-electron chi connectivity index (χ4n) is 3.36. The van der Waals surface area contributed by atoms with E-state index < -0.39 is 23.4 Å². The molecule has 1 N–H and O–H groups in total. The van der Waals surface area contributed by atoms with E-state index in [2.05, 4.69) is 0 Å². The summed E-state index contributed by atoms with van der Waals surface area (Å²) in [5, 5.41) is 11.6. The Morgan fingerprint density at radius 2 is 1.58 bits per heavy atom. The van der Waals surface area contributed by atoms with Crippen molar-refractivity contribution in [1.82, 2.24) is 0 Å². The van der Waals surface area contributed by atoms with E-state index in [-0.39, 0.29) is 0 Å². The lowest BCUT2D eigenvalue weighted by molar-refractivity contribution is -0.162. The van der Waals surface area contributed by atoms with Crippen molar-refractivity contribution in [2.24, 2.45) is 0 Å². The Balaban J connectivity index is 2.19. The Hall–Kier alpha value is -3.12. The molecule has 0 fully saturated rings. The molecule has 0 aliphatic carbocycles. The van der Waals surface area contributed by atoms with Crippen LogP contribution in [0.4, 0.5) is 5.69 Å². The van der Waals surface area contributed by atoms with Gasteiger partial charge in [0.1, 0.15) is 6.04 Å². The van der Waals surface area contributed by atoms with Crippen molar-refractivity contribution < 1.29 is 24.3 Å². The van der Waals surface area contributed by atoms with Gasteiger partial charge in [-0.1, -0.05) is 60.7 Å². The molecule has 3 rings (SSSR count). The molecule has 1 aliphatic heterocycles. The van der Waals surface area contributed by atoms with Crippen LogP contribution in [0.2, 0.25) is 0 Å². The summed E-state index contributed by atoms with van der Waals surface area (Å²) in [5.74, 6) is -1.59. The summed E-state index contributed by atoms with van der Waals surface area (Å²) in [6.07, 6.45) is 3.34. The second-order valence-corrected chi connectivity index (χ2v) is 5.87. The Kier molecular flexibility index (Phi) is 4.77. The third-order valence-electron chi connectivity index (χ3n) is 4.57. The smallest absolute Gasteiger partial charge is 0.330 e. The first kappa shape index (κ1) is 17.7. The van der Waals surface area contributed by atoms with E-state index in [0.29, 0.717) is 11.3 Å². The minimum absolute atomic E-state index is 0.337. The minimum Gasteiger partial charge on any atom is -0.468 e. The van der Waals surface area contributed by atoms with Gasteiger partial charge in [-0.3, -0.25) is 14.8 Å². The highest BCUT2D eigenvalue weighted by Gasteiger charge is 2.62. The highest BCUT2D eigenvalue weighted by molar-refractivity contribution is 6.11. The van der Waals surface area contributed by atoms with Gasteiger partial charge in [-0.15, -0.1) is 0 Å². The van der Waals surface area contributed by atoms with Crippen molar-refractivity contribution >= 4 is 23.7 Å². The molecule has 0 saturated heterocycles. The van der Waals surface area contributed by atoms with Gasteiger partial charge in [-0.25, -0.2) is 5.06 Å². The molecule has 0 spiro atoms. The van der Waals surface area contributed by atoms with Crippen molar-refractivity contribution in [3.05, 3.63) is 71.8 Å². The van der Waals surface area contributed by atoms with Crippen molar-refractivity contribution in [2.45, 2.75) is 11.5 Å². The predicted octanol–water partition coefficient (Wildman–Crippen LogP) is 2.56. The Labute approximate surface area is 151 Å². The highest BCUT2D eigenvalue weighted by Crippen LogP contribution is 2.47. The monoisotopic (exact) mass is 353 g/mol. The molecule has 6 nitrogen and oxygen atoms in total. The van der Waals surface area contributed by atoms with E-state index in [1.54, 1.807) is 36.4 Å². The predicted molar refractivity (Wildman–Crippen MR) is 95.7 cm³/mol. The van der Waals surface area contributed by atoms with Crippen molar-refractivity contribution in [2.75, 3.05) is 19.3 Å². The molecular weight excluding hydrogens is 334 g/mol. The largest absolute Gasteiger partial charge is 0.468 e. The second-order valence-electron chi connectivity index (χ2n) is 5.87. The fourth-order valence-corrected chi connectivity index (χ4v) is 3.36. The van der Waals surface area contributed by atoms with Crippen LogP contribution in [0.25, 0.3) is 6.08 Å². The zero-order valence-electron chi connectivity index (χ0n) is 14.5. The van der Waals surface area contributed by atoms with Crippen molar-refractivity contribution in [3.8, 4) is 0 Å². The number of rotatable bonds is 4. The topological polar surface area (TPSA) is 76.1 Å². The van der Waals surface area contributed by atoms with Crippen LogP contribution in [-0.4, -0.2) is 37.4 Å². The normalized spacial score (nSPS) is 17.8. The molecule has 1 heterocycles. The molecule has 0 amide bonds. The zero-order valence-corrected chi connectivity index (χ0v) is 14.5. The lowest BCUT2D eigenvalue weighted by atomic mass is 9.76. The highest BCUT2D eigenvalue weighted by atomic mass is 16.6. The molecule has 2 aromatic rings. The summed E-state index contributed by atoms with van der Waals surface area (Å²) in [7, 11) is 2.40. The SMILES string of the molecule is COC(=O)C1(C(=O)OC)c2ccccc2N(O)C1/C=C/c1ccccc1. The Morgan fingerprint density at radius 1 is 1.00 bits per heavy atom. The number of benzene rings is 2. The van der Waals surface area contributed by atoms with Gasteiger partial charge in [0, 0.05) is 5.56 Å². The van der Waals surface area contributed by atoms with Crippen LogP contribution in [-0.2, 0) is 24.5 Å². The molecule has 1 unspecified atom stereocenters. The van der Waals surface area contributed by atoms with Gasteiger partial charge in [0.15, 0.2) is 0 Å². The molecule has 26 heavy (non-hydrogen) atoms. The lowest BCUT2D eigenvalue weighted by Gasteiger charge is -2.30. The van der Waals surface area contributed by atoms with Gasteiger partial charge < -0.3 is 9.47 Å². The number of para-hydroxylation sites is 1. The van der Waals surface area contributed by atoms with Gasteiger partial charge in [0.25, 0.3) is 0 Å². The number of carbonyl (C=O) groups is 2. The first-order valence-corrected chi connectivity index (χ1v) is 8.05. The number of ether oxygens (including phenoxy) is 2. The van der Waals surface area contributed by atoms with Crippen LogP contribution in [0, 0.1) is 0 Å². The number of hydroxylamine groups is 1. The quantitative estimate of drug-likeness (QED) is 0.672. The van der Waals surface area contributed by atoms with E-state index in [0.717, 1.165) is 10.6 Å². The molecule has 134 valence electrons. The summed E-state index contributed by atoms with van der Waals surface area (Å²) in [6.45, 7) is 0. The maximum atomic E-state index is 12.8. The molecule has 1 aliphatic rings. The maximum absolute atomic E-state index is 12.8. The number of hydrogen-bond acceptors (Lipinski definition) is 6. The van der Waals surface area contributed by atoms with Crippen molar-refractivity contribution in [3.63, 3.8) is 0 Å². The average Bonchev–Trinajstić information content (AvgIpc) is 2.95. The number of methoxy groups -OCH3 is 2. The lowest BCUT2D eigenvalue weighted by Crippen LogP contribution is -2.54. The summed E-state index contributed by atoms with van der Waals surface area (Å²) in [5.41, 5.74) is -0.268. The van der Waals surface area contributed by atoms with Crippen LogP contribution in [0.1, 0.15) is 11.1 Å². The molecule has 0 saturated carbocycles. The Morgan fingerprint density at radius 3 is 2.19 bits per heavy atom. The fraction of sp³-hybridized carbons (Fsp3) is 0.200. The molecular formula is C20H19NO5. The number of fused-ring (bicyclic) bond motifs is 1. The number of nitrogens with zero attached hydrogens (tertiary/aromatic N) is 1.